The molecule has 28 heavy (non-hydrogen) atoms. The molecule has 1 atom stereocenters. The highest BCUT2D eigenvalue weighted by atomic mass is 16.6. The zero-order valence-electron chi connectivity index (χ0n) is 16.2. The van der Waals surface area contributed by atoms with Gasteiger partial charge in [0.05, 0.1) is 23.3 Å². The molecule has 0 fully saturated rings. The average molecular weight is 381 g/mol. The molecule has 6 nitrogen and oxygen atoms in total. The van der Waals surface area contributed by atoms with Crippen molar-refractivity contribution in [1.29, 1.82) is 0 Å². The maximum absolute atomic E-state index is 12.6. The van der Waals surface area contributed by atoms with Crippen molar-refractivity contribution in [3.8, 4) is 0 Å². The van der Waals surface area contributed by atoms with Crippen molar-refractivity contribution < 1.29 is 23.9 Å². The Hall–Kier alpha value is -2.99. The summed E-state index contributed by atoms with van der Waals surface area (Å²) in [6.07, 6.45) is -0.821. The van der Waals surface area contributed by atoms with E-state index in [0.717, 1.165) is 5.56 Å². The van der Waals surface area contributed by atoms with Gasteiger partial charge in [-0.05, 0) is 38.5 Å². The molecular weight excluding hydrogens is 358 g/mol. The lowest BCUT2D eigenvalue weighted by molar-refractivity contribution is -0.158. The van der Waals surface area contributed by atoms with Gasteiger partial charge in [0, 0.05) is 0 Å². The van der Waals surface area contributed by atoms with Crippen LogP contribution < -0.4 is 0 Å². The average Bonchev–Trinajstić information content (AvgIpc) is 2.96. The smallest absolute Gasteiger partial charge is 0.335 e. The SMILES string of the molecule is CC(OCC(C)(C)N1C(=O)c2ccccc2C1=O)C(=O)OCc1ccccc1. The largest absolute Gasteiger partial charge is 0.459 e. The minimum Gasteiger partial charge on any atom is -0.459 e. The molecule has 1 heterocycles. The standard InChI is InChI=1S/C22H23NO5/c1-15(21(26)27-13-16-9-5-4-6-10-16)28-14-22(2,3)23-19(24)17-11-7-8-12-18(17)20(23)25/h4-12,15H,13-14H2,1-3H3. The lowest BCUT2D eigenvalue weighted by atomic mass is 10.0. The number of carbonyl (C=O) groups is 3. The molecule has 2 aromatic carbocycles. The normalized spacial score (nSPS) is 14.8. The van der Waals surface area contributed by atoms with E-state index in [0.29, 0.717) is 11.1 Å². The zero-order chi connectivity index (χ0) is 20.3. The van der Waals surface area contributed by atoms with E-state index >= 15 is 0 Å². The predicted octanol–water partition coefficient (Wildman–Crippen LogP) is 3.21. The number of hydrogen-bond acceptors (Lipinski definition) is 5. The Balaban J connectivity index is 1.58. The van der Waals surface area contributed by atoms with E-state index in [4.69, 9.17) is 9.47 Å². The molecule has 2 amide bonds. The molecule has 0 aliphatic carbocycles. The van der Waals surface area contributed by atoms with E-state index in [9.17, 15) is 14.4 Å². The summed E-state index contributed by atoms with van der Waals surface area (Å²) in [6, 6.07) is 16.1. The molecule has 1 aliphatic heterocycles. The van der Waals surface area contributed by atoms with Crippen molar-refractivity contribution in [2.45, 2.75) is 39.0 Å². The number of nitrogens with zero attached hydrogens (tertiary/aromatic N) is 1. The third-order valence-corrected chi connectivity index (χ3v) is 4.64. The van der Waals surface area contributed by atoms with E-state index in [1.165, 1.54) is 4.90 Å². The quantitative estimate of drug-likeness (QED) is 0.544. The van der Waals surface area contributed by atoms with Crippen molar-refractivity contribution in [3.05, 3.63) is 71.3 Å². The molecule has 0 radical (unpaired) electrons. The summed E-state index contributed by atoms with van der Waals surface area (Å²) in [6.45, 7) is 5.23. The number of esters is 1. The number of ether oxygens (including phenoxy) is 2. The molecule has 6 heteroatoms. The van der Waals surface area contributed by atoms with Crippen molar-refractivity contribution >= 4 is 17.8 Å². The minimum atomic E-state index is -0.916. The van der Waals surface area contributed by atoms with E-state index in [2.05, 4.69) is 0 Å². The fourth-order valence-corrected chi connectivity index (χ4v) is 3.05. The Morgan fingerprint density at radius 1 is 0.964 bits per heavy atom. The van der Waals surface area contributed by atoms with E-state index in [1.54, 1.807) is 45.0 Å². The van der Waals surface area contributed by atoms with Crippen LogP contribution in [0.25, 0.3) is 0 Å². The fourth-order valence-electron chi connectivity index (χ4n) is 3.05. The third kappa shape index (κ3) is 3.97. The number of amides is 2. The summed E-state index contributed by atoms with van der Waals surface area (Å²) in [5, 5.41) is 0. The minimum absolute atomic E-state index is 0.0140. The van der Waals surface area contributed by atoms with Gasteiger partial charge < -0.3 is 9.47 Å². The van der Waals surface area contributed by atoms with Gasteiger partial charge in [-0.1, -0.05) is 42.5 Å². The summed E-state index contributed by atoms with van der Waals surface area (Å²) in [5.74, 6) is -1.20. The molecule has 0 saturated heterocycles. The summed E-state index contributed by atoms with van der Waals surface area (Å²) < 4.78 is 10.9. The maximum atomic E-state index is 12.6. The molecule has 2 aromatic rings. The zero-order valence-corrected chi connectivity index (χ0v) is 16.2. The van der Waals surface area contributed by atoms with Crippen molar-refractivity contribution in [2.75, 3.05) is 6.61 Å². The van der Waals surface area contributed by atoms with Gasteiger partial charge in [0.1, 0.15) is 6.61 Å². The van der Waals surface area contributed by atoms with Crippen molar-refractivity contribution in [2.24, 2.45) is 0 Å². The van der Waals surface area contributed by atoms with Gasteiger partial charge in [0.15, 0.2) is 6.10 Å². The van der Waals surface area contributed by atoms with Crippen LogP contribution in [-0.2, 0) is 20.9 Å². The third-order valence-electron chi connectivity index (χ3n) is 4.64. The summed E-state index contributed by atoms with van der Waals surface area (Å²) >= 11 is 0. The highest BCUT2D eigenvalue weighted by Gasteiger charge is 2.44. The second kappa shape index (κ2) is 7.94. The number of imide groups is 1. The van der Waals surface area contributed by atoms with Crippen LogP contribution in [0.2, 0.25) is 0 Å². The van der Waals surface area contributed by atoms with Gasteiger partial charge in [-0.2, -0.15) is 0 Å². The van der Waals surface area contributed by atoms with Gasteiger partial charge in [0.25, 0.3) is 11.8 Å². The molecular formula is C22H23NO5. The molecule has 0 spiro atoms. The highest BCUT2D eigenvalue weighted by molar-refractivity contribution is 6.21. The second-order valence-electron chi connectivity index (χ2n) is 7.35. The van der Waals surface area contributed by atoms with Gasteiger partial charge in [-0.25, -0.2) is 4.79 Å². The van der Waals surface area contributed by atoms with Gasteiger partial charge >= 0.3 is 5.97 Å². The van der Waals surface area contributed by atoms with Gasteiger partial charge in [-0.15, -0.1) is 0 Å². The Morgan fingerprint density at radius 3 is 2.07 bits per heavy atom. The number of rotatable bonds is 7. The summed E-state index contributed by atoms with van der Waals surface area (Å²) in [7, 11) is 0. The first-order valence-corrected chi connectivity index (χ1v) is 9.11. The van der Waals surface area contributed by atoms with Crippen LogP contribution in [0.4, 0.5) is 0 Å². The lowest BCUT2D eigenvalue weighted by Gasteiger charge is -2.34. The molecule has 0 N–H and O–H groups in total. The Kier molecular flexibility index (Phi) is 5.61. The van der Waals surface area contributed by atoms with E-state index in [1.807, 2.05) is 30.3 Å². The Bertz CT molecular complexity index is 856. The van der Waals surface area contributed by atoms with Crippen LogP contribution in [0.3, 0.4) is 0 Å². The maximum Gasteiger partial charge on any atom is 0.335 e. The topological polar surface area (TPSA) is 72.9 Å². The monoisotopic (exact) mass is 381 g/mol. The van der Waals surface area contributed by atoms with E-state index in [-0.39, 0.29) is 25.0 Å². The number of carbonyl (C=O) groups excluding carboxylic acids is 3. The number of benzene rings is 2. The van der Waals surface area contributed by atoms with E-state index < -0.39 is 17.6 Å². The van der Waals surface area contributed by atoms with Crippen LogP contribution in [0, 0.1) is 0 Å². The number of fused-ring (bicyclic) bond motifs is 1. The molecule has 1 unspecified atom stereocenters. The molecule has 3 rings (SSSR count). The lowest BCUT2D eigenvalue weighted by Crippen LogP contribution is -2.51. The number of hydrogen-bond donors (Lipinski definition) is 0. The highest BCUT2D eigenvalue weighted by Crippen LogP contribution is 2.29. The van der Waals surface area contributed by atoms with Crippen LogP contribution >= 0.6 is 0 Å². The second-order valence-corrected chi connectivity index (χ2v) is 7.35. The van der Waals surface area contributed by atoms with Crippen molar-refractivity contribution in [3.63, 3.8) is 0 Å². The first-order valence-electron chi connectivity index (χ1n) is 9.11. The van der Waals surface area contributed by atoms with Gasteiger partial charge in [-0.3, -0.25) is 14.5 Å². The Labute approximate surface area is 164 Å². The molecule has 1 aliphatic rings. The van der Waals surface area contributed by atoms with Crippen LogP contribution in [0.5, 0.6) is 0 Å². The van der Waals surface area contributed by atoms with Crippen LogP contribution in [-0.4, -0.2) is 40.9 Å². The van der Waals surface area contributed by atoms with Crippen molar-refractivity contribution in [1.82, 2.24) is 4.90 Å². The predicted molar refractivity (Wildman–Crippen MR) is 103 cm³/mol. The first kappa shape index (κ1) is 19.8. The van der Waals surface area contributed by atoms with Crippen LogP contribution in [0.1, 0.15) is 47.1 Å². The molecule has 0 aromatic heterocycles. The Morgan fingerprint density at radius 2 is 1.50 bits per heavy atom. The fraction of sp³-hybridized carbons (Fsp3) is 0.318. The molecule has 0 bridgehead atoms. The molecule has 146 valence electrons. The van der Waals surface area contributed by atoms with Gasteiger partial charge in [0.2, 0.25) is 0 Å². The first-order chi connectivity index (χ1) is 13.3. The molecule has 0 saturated carbocycles. The summed E-state index contributed by atoms with van der Waals surface area (Å²) in [5.41, 5.74) is 0.738. The van der Waals surface area contributed by atoms with Crippen LogP contribution in [0.15, 0.2) is 54.6 Å². The summed E-state index contributed by atoms with van der Waals surface area (Å²) in [4.78, 5) is 38.7.